The first-order chi connectivity index (χ1) is 9.65. The Morgan fingerprint density at radius 1 is 1.35 bits per heavy atom. The van der Waals surface area contributed by atoms with Crippen molar-refractivity contribution >= 4 is 27.5 Å². The Balaban J connectivity index is 2.19. The fourth-order valence-electron chi connectivity index (χ4n) is 1.80. The molecular weight excluding hydrogens is 280 g/mol. The SMILES string of the molecule is CCCOCCOc1ncnc2sc(C(=O)O)c(C)c12. The first-order valence-corrected chi connectivity index (χ1v) is 7.14. The molecule has 0 fully saturated rings. The molecule has 108 valence electrons. The maximum absolute atomic E-state index is 11.1. The van der Waals surface area contributed by atoms with Gasteiger partial charge in [-0.1, -0.05) is 6.92 Å². The van der Waals surface area contributed by atoms with Crippen molar-refractivity contribution in [3.8, 4) is 5.88 Å². The highest BCUT2D eigenvalue weighted by molar-refractivity contribution is 7.20. The molecule has 0 aromatic carbocycles. The number of ether oxygens (including phenoxy) is 2. The Bertz CT molecular complexity index is 612. The number of aryl methyl sites for hydroxylation is 1. The number of thiophene rings is 1. The third kappa shape index (κ3) is 3.05. The van der Waals surface area contributed by atoms with Crippen LogP contribution < -0.4 is 4.74 Å². The van der Waals surface area contributed by atoms with Crippen LogP contribution >= 0.6 is 11.3 Å². The third-order valence-corrected chi connectivity index (χ3v) is 3.89. The van der Waals surface area contributed by atoms with E-state index in [0.29, 0.717) is 41.5 Å². The van der Waals surface area contributed by atoms with Gasteiger partial charge in [-0.2, -0.15) is 0 Å². The van der Waals surface area contributed by atoms with Gasteiger partial charge in [-0.15, -0.1) is 11.3 Å². The van der Waals surface area contributed by atoms with Crippen molar-refractivity contribution < 1.29 is 19.4 Å². The van der Waals surface area contributed by atoms with E-state index in [9.17, 15) is 4.79 Å². The summed E-state index contributed by atoms with van der Waals surface area (Å²) in [7, 11) is 0. The van der Waals surface area contributed by atoms with Gasteiger partial charge >= 0.3 is 5.97 Å². The van der Waals surface area contributed by atoms with E-state index in [0.717, 1.165) is 17.8 Å². The second-order valence-electron chi connectivity index (χ2n) is 4.18. The molecule has 2 aromatic heterocycles. The van der Waals surface area contributed by atoms with Crippen LogP contribution in [0.5, 0.6) is 5.88 Å². The molecule has 2 heterocycles. The van der Waals surface area contributed by atoms with E-state index in [1.165, 1.54) is 6.33 Å². The van der Waals surface area contributed by atoms with Gasteiger partial charge in [0.25, 0.3) is 0 Å². The fourth-order valence-corrected chi connectivity index (χ4v) is 2.77. The summed E-state index contributed by atoms with van der Waals surface area (Å²) in [5.41, 5.74) is 0.641. The molecule has 0 aliphatic heterocycles. The van der Waals surface area contributed by atoms with Gasteiger partial charge in [0, 0.05) is 6.61 Å². The number of fused-ring (bicyclic) bond motifs is 1. The number of hydrogen-bond acceptors (Lipinski definition) is 6. The Labute approximate surface area is 120 Å². The maximum Gasteiger partial charge on any atom is 0.346 e. The van der Waals surface area contributed by atoms with Crippen molar-refractivity contribution in [2.45, 2.75) is 20.3 Å². The van der Waals surface area contributed by atoms with Crippen molar-refractivity contribution in [2.75, 3.05) is 19.8 Å². The molecular formula is C13H16N2O4S. The minimum absolute atomic E-state index is 0.271. The van der Waals surface area contributed by atoms with Gasteiger partial charge < -0.3 is 14.6 Å². The number of aromatic nitrogens is 2. The van der Waals surface area contributed by atoms with Crippen molar-refractivity contribution in [2.24, 2.45) is 0 Å². The van der Waals surface area contributed by atoms with Crippen molar-refractivity contribution in [1.29, 1.82) is 0 Å². The molecule has 0 saturated heterocycles. The molecule has 0 bridgehead atoms. The standard InChI is InChI=1S/C13H16N2O4S/c1-3-4-18-5-6-19-11-9-8(2)10(13(16)17)20-12(9)15-7-14-11/h7H,3-6H2,1-2H3,(H,16,17). The van der Waals surface area contributed by atoms with Crippen molar-refractivity contribution in [1.82, 2.24) is 9.97 Å². The van der Waals surface area contributed by atoms with Crippen LogP contribution in [0.3, 0.4) is 0 Å². The largest absolute Gasteiger partial charge is 0.477 e. The molecule has 1 N–H and O–H groups in total. The highest BCUT2D eigenvalue weighted by atomic mass is 32.1. The molecule has 0 aliphatic carbocycles. The maximum atomic E-state index is 11.1. The molecule has 7 heteroatoms. The van der Waals surface area contributed by atoms with Crippen LogP contribution in [0.1, 0.15) is 28.6 Å². The van der Waals surface area contributed by atoms with E-state index < -0.39 is 5.97 Å². The number of carboxylic acid groups (broad SMARTS) is 1. The van der Waals surface area contributed by atoms with Gasteiger partial charge in [0.2, 0.25) is 5.88 Å². The molecule has 2 aromatic rings. The van der Waals surface area contributed by atoms with Gasteiger partial charge in [0.05, 0.1) is 12.0 Å². The lowest BCUT2D eigenvalue weighted by atomic mass is 10.2. The number of carboxylic acids is 1. The second kappa shape index (κ2) is 6.62. The average Bonchev–Trinajstić information content (AvgIpc) is 2.77. The summed E-state index contributed by atoms with van der Waals surface area (Å²) in [5, 5.41) is 9.80. The quantitative estimate of drug-likeness (QED) is 0.791. The first-order valence-electron chi connectivity index (χ1n) is 6.33. The molecule has 0 aliphatic rings. The van der Waals surface area contributed by atoms with Crippen LogP contribution in [0.15, 0.2) is 6.33 Å². The summed E-state index contributed by atoms with van der Waals surface area (Å²) in [6, 6.07) is 0. The summed E-state index contributed by atoms with van der Waals surface area (Å²) < 4.78 is 10.9. The van der Waals surface area contributed by atoms with Crippen molar-refractivity contribution in [3.63, 3.8) is 0 Å². The minimum Gasteiger partial charge on any atom is -0.477 e. The first kappa shape index (κ1) is 14.7. The number of hydrogen-bond donors (Lipinski definition) is 1. The molecule has 0 unspecified atom stereocenters. The minimum atomic E-state index is -0.956. The second-order valence-corrected chi connectivity index (χ2v) is 5.18. The van der Waals surface area contributed by atoms with E-state index in [2.05, 4.69) is 9.97 Å². The highest BCUT2D eigenvalue weighted by Crippen LogP contribution is 2.34. The topological polar surface area (TPSA) is 81.5 Å². The predicted octanol–water partition coefficient (Wildman–Crippen LogP) is 2.50. The van der Waals surface area contributed by atoms with Crippen LogP contribution in [0, 0.1) is 6.92 Å². The zero-order valence-electron chi connectivity index (χ0n) is 11.4. The molecule has 0 saturated carbocycles. The normalized spacial score (nSPS) is 10.9. The van der Waals surface area contributed by atoms with E-state index in [-0.39, 0.29) is 4.88 Å². The highest BCUT2D eigenvalue weighted by Gasteiger charge is 2.19. The van der Waals surface area contributed by atoms with Crippen molar-refractivity contribution in [3.05, 3.63) is 16.8 Å². The monoisotopic (exact) mass is 296 g/mol. The number of rotatable bonds is 7. The zero-order valence-corrected chi connectivity index (χ0v) is 12.2. The summed E-state index contributed by atoms with van der Waals surface area (Å²) in [5.74, 6) is -0.543. The van der Waals surface area contributed by atoms with Crippen LogP contribution in [-0.4, -0.2) is 40.9 Å². The fraction of sp³-hybridized carbons (Fsp3) is 0.462. The summed E-state index contributed by atoms with van der Waals surface area (Å²) >= 11 is 1.13. The molecule has 6 nitrogen and oxygen atoms in total. The smallest absolute Gasteiger partial charge is 0.346 e. The Morgan fingerprint density at radius 3 is 2.85 bits per heavy atom. The van der Waals surface area contributed by atoms with Gasteiger partial charge in [0.15, 0.2) is 0 Å². The van der Waals surface area contributed by atoms with Gasteiger partial charge in [0.1, 0.15) is 22.6 Å². The molecule has 2 rings (SSSR count). The van der Waals surface area contributed by atoms with E-state index in [1.54, 1.807) is 6.92 Å². The van der Waals surface area contributed by atoms with Gasteiger partial charge in [-0.25, -0.2) is 14.8 Å². The number of aromatic carboxylic acids is 1. The zero-order chi connectivity index (χ0) is 14.5. The van der Waals surface area contributed by atoms with Gasteiger partial charge in [-0.05, 0) is 18.9 Å². The lowest BCUT2D eigenvalue weighted by Gasteiger charge is -2.07. The average molecular weight is 296 g/mol. The van der Waals surface area contributed by atoms with Crippen LogP contribution in [0.25, 0.3) is 10.2 Å². The Hall–Kier alpha value is -1.73. The third-order valence-electron chi connectivity index (χ3n) is 2.70. The Kier molecular flexibility index (Phi) is 4.86. The molecule has 0 spiro atoms. The van der Waals surface area contributed by atoms with Crippen LogP contribution in [0.4, 0.5) is 0 Å². The van der Waals surface area contributed by atoms with E-state index in [4.69, 9.17) is 14.6 Å². The molecule has 0 atom stereocenters. The summed E-state index contributed by atoms with van der Waals surface area (Å²) in [6.45, 7) is 5.34. The lowest BCUT2D eigenvalue weighted by molar-refractivity contribution is 0.0701. The van der Waals surface area contributed by atoms with Gasteiger partial charge in [-0.3, -0.25) is 0 Å². The predicted molar refractivity (Wildman–Crippen MR) is 75.7 cm³/mol. The summed E-state index contributed by atoms with van der Waals surface area (Å²) in [4.78, 5) is 20.2. The molecule has 0 radical (unpaired) electrons. The number of nitrogens with zero attached hydrogens (tertiary/aromatic N) is 2. The van der Waals surface area contributed by atoms with Crippen LogP contribution in [-0.2, 0) is 4.74 Å². The summed E-state index contributed by atoms with van der Waals surface area (Å²) in [6.07, 6.45) is 2.34. The van der Waals surface area contributed by atoms with E-state index >= 15 is 0 Å². The number of carbonyl (C=O) groups is 1. The van der Waals surface area contributed by atoms with Crippen LogP contribution in [0.2, 0.25) is 0 Å². The molecule has 20 heavy (non-hydrogen) atoms. The Morgan fingerprint density at radius 2 is 2.15 bits per heavy atom. The lowest BCUT2D eigenvalue weighted by Crippen LogP contribution is -2.08. The van der Waals surface area contributed by atoms with E-state index in [1.807, 2.05) is 6.92 Å². The molecule has 0 amide bonds.